The number of ether oxygens (including phenoxy) is 1. The lowest BCUT2D eigenvalue weighted by Gasteiger charge is -2.44. The van der Waals surface area contributed by atoms with E-state index in [9.17, 15) is 5.11 Å². The molecule has 2 aromatic rings. The fourth-order valence-electron chi connectivity index (χ4n) is 2.48. The van der Waals surface area contributed by atoms with Gasteiger partial charge in [-0.05, 0) is 30.0 Å². The van der Waals surface area contributed by atoms with Gasteiger partial charge >= 0.3 is 0 Å². The fraction of sp³-hybridized carbons (Fsp3) is 0.500. The van der Waals surface area contributed by atoms with E-state index < -0.39 is 17.2 Å². The van der Waals surface area contributed by atoms with E-state index in [2.05, 4.69) is 10.1 Å². The van der Waals surface area contributed by atoms with Crippen LogP contribution in [0.1, 0.15) is 40.3 Å². The van der Waals surface area contributed by atoms with E-state index in [1.54, 1.807) is 18.2 Å². The van der Waals surface area contributed by atoms with Crippen molar-refractivity contribution in [3.63, 3.8) is 0 Å². The predicted octanol–water partition coefficient (Wildman–Crippen LogP) is 4.35. The largest absolute Gasteiger partial charge is 0.464 e. The van der Waals surface area contributed by atoms with Crippen LogP contribution in [0.5, 0.6) is 5.75 Å². The zero-order chi connectivity index (χ0) is 17.3. The van der Waals surface area contributed by atoms with Crippen molar-refractivity contribution >= 4 is 23.2 Å². The van der Waals surface area contributed by atoms with Gasteiger partial charge in [0.25, 0.3) is 0 Å². The summed E-state index contributed by atoms with van der Waals surface area (Å²) in [5.41, 5.74) is -1.65. The Morgan fingerprint density at radius 3 is 2.48 bits per heavy atom. The molecule has 0 fully saturated rings. The third kappa shape index (κ3) is 3.62. The normalized spacial score (nSPS) is 16.0. The Morgan fingerprint density at radius 2 is 2.00 bits per heavy atom. The quantitative estimate of drug-likeness (QED) is 0.863. The number of hydrogen-bond acceptors (Lipinski definition) is 4. The maximum atomic E-state index is 11.3. The lowest BCUT2D eigenvalue weighted by atomic mass is 9.73. The van der Waals surface area contributed by atoms with E-state index in [1.807, 2.05) is 27.7 Å². The molecule has 1 aromatic heterocycles. The molecule has 0 spiro atoms. The minimum Gasteiger partial charge on any atom is -0.464 e. The van der Waals surface area contributed by atoms with Crippen molar-refractivity contribution in [3.05, 3.63) is 40.9 Å². The monoisotopic (exact) mass is 357 g/mol. The van der Waals surface area contributed by atoms with Gasteiger partial charge in [0.1, 0.15) is 24.0 Å². The topological polar surface area (TPSA) is 60.2 Å². The van der Waals surface area contributed by atoms with Gasteiger partial charge in [0.15, 0.2) is 0 Å². The molecule has 2 atom stereocenters. The SMILES string of the molecule is CCC(O)(C(Oc1ccc(Cl)cc1Cl)n1cncn1)C(C)(C)C. The van der Waals surface area contributed by atoms with Crippen LogP contribution in [-0.4, -0.2) is 25.5 Å². The molecule has 23 heavy (non-hydrogen) atoms. The Kier molecular flexibility index (Phi) is 5.23. The van der Waals surface area contributed by atoms with E-state index in [-0.39, 0.29) is 0 Å². The van der Waals surface area contributed by atoms with Gasteiger partial charge in [0.2, 0.25) is 6.23 Å². The van der Waals surface area contributed by atoms with Crippen LogP contribution in [0.3, 0.4) is 0 Å². The summed E-state index contributed by atoms with van der Waals surface area (Å²) in [6.45, 7) is 7.76. The molecule has 0 aliphatic rings. The van der Waals surface area contributed by atoms with Gasteiger partial charge in [0, 0.05) is 5.02 Å². The number of rotatable bonds is 5. The number of benzene rings is 1. The van der Waals surface area contributed by atoms with Gasteiger partial charge in [-0.1, -0.05) is 50.9 Å². The van der Waals surface area contributed by atoms with Gasteiger partial charge in [-0.2, -0.15) is 5.10 Å². The summed E-state index contributed by atoms with van der Waals surface area (Å²) in [5, 5.41) is 16.3. The van der Waals surface area contributed by atoms with Crippen LogP contribution in [0.2, 0.25) is 10.0 Å². The molecule has 5 nitrogen and oxygen atoms in total. The van der Waals surface area contributed by atoms with Crippen LogP contribution < -0.4 is 4.74 Å². The Balaban J connectivity index is 2.47. The second kappa shape index (κ2) is 6.67. The average Bonchev–Trinajstić information content (AvgIpc) is 2.98. The lowest BCUT2D eigenvalue weighted by Crippen LogP contribution is -2.52. The summed E-state index contributed by atoms with van der Waals surface area (Å²) in [6.07, 6.45) is 2.60. The molecule has 2 rings (SSSR count). The lowest BCUT2D eigenvalue weighted by molar-refractivity contribution is -0.167. The van der Waals surface area contributed by atoms with Crippen LogP contribution in [0.15, 0.2) is 30.9 Å². The Morgan fingerprint density at radius 1 is 1.30 bits per heavy atom. The first-order valence-corrected chi connectivity index (χ1v) is 8.13. The van der Waals surface area contributed by atoms with Crippen LogP contribution in [-0.2, 0) is 0 Å². The fourth-order valence-corrected chi connectivity index (χ4v) is 2.93. The van der Waals surface area contributed by atoms with Crippen molar-refractivity contribution in [1.82, 2.24) is 14.8 Å². The maximum Gasteiger partial charge on any atom is 0.222 e. The minimum absolute atomic E-state index is 0.370. The standard InChI is InChI=1S/C16H21Cl2N3O2/c1-5-16(22,15(2,3)4)14(21-10-19-9-20-21)23-13-7-6-11(17)8-12(13)18/h6-10,14,22H,5H2,1-4H3. The van der Waals surface area contributed by atoms with Crippen molar-refractivity contribution in [2.45, 2.75) is 45.9 Å². The summed E-state index contributed by atoms with van der Waals surface area (Å²) < 4.78 is 7.55. The van der Waals surface area contributed by atoms with Gasteiger partial charge in [-0.3, -0.25) is 0 Å². The Bertz CT molecular complexity index is 656. The van der Waals surface area contributed by atoms with Gasteiger partial charge in [-0.25, -0.2) is 9.67 Å². The summed E-state index contributed by atoms with van der Waals surface area (Å²) in [4.78, 5) is 3.96. The zero-order valence-corrected chi connectivity index (χ0v) is 15.1. The van der Waals surface area contributed by atoms with Gasteiger partial charge < -0.3 is 9.84 Å². The number of aromatic nitrogens is 3. The first-order chi connectivity index (χ1) is 10.7. The van der Waals surface area contributed by atoms with Crippen molar-refractivity contribution < 1.29 is 9.84 Å². The first-order valence-electron chi connectivity index (χ1n) is 7.37. The molecule has 0 saturated heterocycles. The minimum atomic E-state index is -1.19. The predicted molar refractivity (Wildman–Crippen MR) is 90.8 cm³/mol. The van der Waals surface area contributed by atoms with Gasteiger partial charge in [0.05, 0.1) is 5.02 Å². The molecule has 0 radical (unpaired) electrons. The second-order valence-corrected chi connectivity index (χ2v) is 7.29. The Hall–Kier alpha value is -1.30. The molecule has 1 heterocycles. The van der Waals surface area contributed by atoms with E-state index in [0.717, 1.165) is 0 Å². The van der Waals surface area contributed by atoms with Crippen molar-refractivity contribution in [1.29, 1.82) is 0 Å². The average molecular weight is 358 g/mol. The second-order valence-electron chi connectivity index (χ2n) is 6.45. The summed E-state index contributed by atoms with van der Waals surface area (Å²) >= 11 is 12.1. The van der Waals surface area contributed by atoms with E-state index in [0.29, 0.717) is 22.2 Å². The highest BCUT2D eigenvalue weighted by Crippen LogP contribution is 2.43. The van der Waals surface area contributed by atoms with Gasteiger partial charge in [-0.15, -0.1) is 0 Å². The van der Waals surface area contributed by atoms with Crippen LogP contribution in [0.25, 0.3) is 0 Å². The highest BCUT2D eigenvalue weighted by Gasteiger charge is 2.48. The molecule has 1 N–H and O–H groups in total. The van der Waals surface area contributed by atoms with Crippen LogP contribution in [0.4, 0.5) is 0 Å². The molecule has 0 amide bonds. The smallest absolute Gasteiger partial charge is 0.222 e. The first kappa shape index (κ1) is 18.0. The van der Waals surface area contributed by atoms with E-state index in [4.69, 9.17) is 27.9 Å². The number of nitrogens with zero attached hydrogens (tertiary/aromatic N) is 3. The number of halogens is 2. The summed E-state index contributed by atoms with van der Waals surface area (Å²) in [7, 11) is 0. The zero-order valence-electron chi connectivity index (χ0n) is 13.6. The third-order valence-corrected chi connectivity index (χ3v) is 4.59. The maximum absolute atomic E-state index is 11.3. The number of aliphatic hydroxyl groups is 1. The van der Waals surface area contributed by atoms with E-state index >= 15 is 0 Å². The van der Waals surface area contributed by atoms with E-state index in [1.165, 1.54) is 17.3 Å². The highest BCUT2D eigenvalue weighted by molar-refractivity contribution is 6.35. The molecule has 1 aromatic carbocycles. The molecule has 126 valence electrons. The van der Waals surface area contributed by atoms with Crippen LogP contribution >= 0.6 is 23.2 Å². The molecular weight excluding hydrogens is 337 g/mol. The molecule has 0 aliphatic heterocycles. The summed E-state index contributed by atoms with van der Waals surface area (Å²) in [5.74, 6) is 0.424. The molecule has 0 saturated carbocycles. The van der Waals surface area contributed by atoms with Crippen molar-refractivity contribution in [3.8, 4) is 5.75 Å². The third-order valence-electron chi connectivity index (χ3n) is 4.06. The van der Waals surface area contributed by atoms with Crippen molar-refractivity contribution in [2.24, 2.45) is 5.41 Å². The molecule has 7 heteroatoms. The highest BCUT2D eigenvalue weighted by atomic mass is 35.5. The molecular formula is C16H21Cl2N3O2. The molecule has 2 unspecified atom stereocenters. The molecule has 0 aliphatic carbocycles. The number of hydrogen-bond donors (Lipinski definition) is 1. The Labute approximate surface area is 146 Å². The van der Waals surface area contributed by atoms with Crippen molar-refractivity contribution in [2.75, 3.05) is 0 Å². The summed E-state index contributed by atoms with van der Waals surface area (Å²) in [6, 6.07) is 4.95. The van der Waals surface area contributed by atoms with Crippen LogP contribution in [0, 0.1) is 5.41 Å². The molecule has 0 bridgehead atoms.